The van der Waals surface area contributed by atoms with Crippen molar-refractivity contribution in [1.82, 2.24) is 0 Å². The zero-order chi connectivity index (χ0) is 10.5. The SMILES string of the molecule is Nc1ccccc1C1/C=C\C/C=C\CC1. The first-order chi connectivity index (χ1) is 7.38. The third kappa shape index (κ3) is 2.50. The third-order valence-corrected chi connectivity index (χ3v) is 2.85. The molecule has 1 unspecified atom stereocenters. The van der Waals surface area contributed by atoms with Gasteiger partial charge in [-0.3, -0.25) is 0 Å². The summed E-state index contributed by atoms with van der Waals surface area (Å²) in [7, 11) is 0. The molecule has 2 rings (SSSR count). The van der Waals surface area contributed by atoms with Gasteiger partial charge in [0, 0.05) is 11.6 Å². The van der Waals surface area contributed by atoms with Crippen LogP contribution in [0.1, 0.15) is 30.7 Å². The average Bonchev–Trinajstić information content (AvgIpc) is 2.19. The summed E-state index contributed by atoms with van der Waals surface area (Å²) in [6, 6.07) is 8.17. The number of para-hydroxylation sites is 1. The smallest absolute Gasteiger partial charge is 0.0352 e. The molecule has 0 fully saturated rings. The topological polar surface area (TPSA) is 26.0 Å². The van der Waals surface area contributed by atoms with Gasteiger partial charge in [0.25, 0.3) is 0 Å². The van der Waals surface area contributed by atoms with Gasteiger partial charge in [-0.2, -0.15) is 0 Å². The van der Waals surface area contributed by atoms with Crippen molar-refractivity contribution >= 4 is 5.69 Å². The van der Waals surface area contributed by atoms with E-state index in [1.807, 2.05) is 12.1 Å². The molecule has 0 saturated carbocycles. The van der Waals surface area contributed by atoms with Crippen LogP contribution in [0.25, 0.3) is 0 Å². The summed E-state index contributed by atoms with van der Waals surface area (Å²) in [6.45, 7) is 0. The van der Waals surface area contributed by atoms with E-state index in [4.69, 9.17) is 5.73 Å². The molecule has 0 radical (unpaired) electrons. The van der Waals surface area contributed by atoms with Gasteiger partial charge in [0.2, 0.25) is 0 Å². The van der Waals surface area contributed by atoms with E-state index in [-0.39, 0.29) is 0 Å². The lowest BCUT2D eigenvalue weighted by atomic mass is 9.91. The Labute approximate surface area is 91.3 Å². The molecule has 1 heteroatoms. The first kappa shape index (κ1) is 10.0. The molecule has 0 amide bonds. The molecule has 0 heterocycles. The number of anilines is 1. The summed E-state index contributed by atoms with van der Waals surface area (Å²) < 4.78 is 0. The molecular weight excluding hydrogens is 182 g/mol. The van der Waals surface area contributed by atoms with E-state index in [0.717, 1.165) is 24.9 Å². The Kier molecular flexibility index (Phi) is 3.23. The highest BCUT2D eigenvalue weighted by molar-refractivity contribution is 5.49. The Balaban J connectivity index is 2.22. The molecule has 1 aliphatic carbocycles. The van der Waals surface area contributed by atoms with Crippen LogP contribution in [-0.4, -0.2) is 0 Å². The van der Waals surface area contributed by atoms with Crippen LogP contribution in [0.2, 0.25) is 0 Å². The maximum absolute atomic E-state index is 5.99. The highest BCUT2D eigenvalue weighted by atomic mass is 14.6. The molecule has 2 N–H and O–H groups in total. The molecule has 0 spiro atoms. The fourth-order valence-corrected chi connectivity index (χ4v) is 2.02. The molecule has 1 aromatic rings. The molecule has 15 heavy (non-hydrogen) atoms. The van der Waals surface area contributed by atoms with E-state index in [1.165, 1.54) is 5.56 Å². The van der Waals surface area contributed by atoms with Crippen LogP contribution < -0.4 is 5.73 Å². The minimum Gasteiger partial charge on any atom is -0.398 e. The van der Waals surface area contributed by atoms with E-state index < -0.39 is 0 Å². The van der Waals surface area contributed by atoms with Crippen molar-refractivity contribution in [1.29, 1.82) is 0 Å². The summed E-state index contributed by atoms with van der Waals surface area (Å²) in [5.74, 6) is 0.483. The van der Waals surface area contributed by atoms with Crippen molar-refractivity contribution in [2.45, 2.75) is 25.2 Å². The largest absolute Gasteiger partial charge is 0.398 e. The number of nitrogen functional groups attached to an aromatic ring is 1. The Morgan fingerprint density at radius 2 is 1.93 bits per heavy atom. The van der Waals surface area contributed by atoms with Gasteiger partial charge >= 0.3 is 0 Å². The van der Waals surface area contributed by atoms with Crippen molar-refractivity contribution in [3.63, 3.8) is 0 Å². The molecule has 1 aromatic carbocycles. The van der Waals surface area contributed by atoms with Crippen LogP contribution in [0.5, 0.6) is 0 Å². The Morgan fingerprint density at radius 1 is 1.07 bits per heavy atom. The van der Waals surface area contributed by atoms with Crippen molar-refractivity contribution in [3.8, 4) is 0 Å². The first-order valence-electron chi connectivity index (χ1n) is 5.54. The minimum atomic E-state index is 0.483. The number of hydrogen-bond acceptors (Lipinski definition) is 1. The van der Waals surface area contributed by atoms with Gasteiger partial charge in [0.05, 0.1) is 0 Å². The van der Waals surface area contributed by atoms with Gasteiger partial charge in [0.1, 0.15) is 0 Å². The van der Waals surface area contributed by atoms with Crippen molar-refractivity contribution in [3.05, 3.63) is 54.1 Å². The van der Waals surface area contributed by atoms with E-state index in [0.29, 0.717) is 5.92 Å². The molecule has 1 aliphatic rings. The predicted octanol–water partition coefficient (Wildman–Crippen LogP) is 3.65. The van der Waals surface area contributed by atoms with Gasteiger partial charge in [-0.15, -0.1) is 0 Å². The number of allylic oxidation sites excluding steroid dienone is 4. The molecular formula is C14H17N. The lowest BCUT2D eigenvalue weighted by molar-refractivity contribution is 0.745. The zero-order valence-corrected chi connectivity index (χ0v) is 8.89. The quantitative estimate of drug-likeness (QED) is 0.542. The fourth-order valence-electron chi connectivity index (χ4n) is 2.02. The Bertz CT molecular complexity index is 377. The van der Waals surface area contributed by atoms with E-state index >= 15 is 0 Å². The van der Waals surface area contributed by atoms with Crippen molar-refractivity contribution < 1.29 is 0 Å². The first-order valence-corrected chi connectivity index (χ1v) is 5.54. The van der Waals surface area contributed by atoms with Crippen LogP contribution in [0.4, 0.5) is 5.69 Å². The highest BCUT2D eigenvalue weighted by Gasteiger charge is 2.10. The Morgan fingerprint density at radius 3 is 2.80 bits per heavy atom. The zero-order valence-electron chi connectivity index (χ0n) is 8.89. The standard InChI is InChI=1S/C14H17N/c15-14-11-7-6-10-13(14)12-8-4-2-1-3-5-9-12/h1-2,5-7,9-12H,3-4,8,15H2/b2-1-,9-5-. The third-order valence-electron chi connectivity index (χ3n) is 2.85. The molecule has 1 atom stereocenters. The monoisotopic (exact) mass is 199 g/mol. The molecule has 0 aromatic heterocycles. The van der Waals surface area contributed by atoms with Crippen molar-refractivity contribution in [2.75, 3.05) is 5.73 Å². The fraction of sp³-hybridized carbons (Fsp3) is 0.286. The van der Waals surface area contributed by atoms with E-state index in [1.54, 1.807) is 0 Å². The second kappa shape index (κ2) is 4.83. The van der Waals surface area contributed by atoms with Crippen LogP contribution in [0.15, 0.2) is 48.6 Å². The van der Waals surface area contributed by atoms with Gasteiger partial charge in [-0.1, -0.05) is 42.5 Å². The molecule has 78 valence electrons. The molecule has 0 saturated heterocycles. The van der Waals surface area contributed by atoms with Crippen molar-refractivity contribution in [2.24, 2.45) is 0 Å². The van der Waals surface area contributed by atoms with E-state index in [9.17, 15) is 0 Å². The summed E-state index contributed by atoms with van der Waals surface area (Å²) in [4.78, 5) is 0. The number of nitrogens with two attached hydrogens (primary N) is 1. The van der Waals surface area contributed by atoms with Gasteiger partial charge in [0.15, 0.2) is 0 Å². The number of hydrogen-bond donors (Lipinski definition) is 1. The summed E-state index contributed by atoms with van der Waals surface area (Å²) >= 11 is 0. The number of benzene rings is 1. The van der Waals surface area contributed by atoms with Crippen LogP contribution in [-0.2, 0) is 0 Å². The molecule has 0 bridgehead atoms. The lowest BCUT2D eigenvalue weighted by Crippen LogP contribution is -2.00. The summed E-state index contributed by atoms with van der Waals surface area (Å²) in [6.07, 6.45) is 12.3. The summed E-state index contributed by atoms with van der Waals surface area (Å²) in [5, 5.41) is 0. The minimum absolute atomic E-state index is 0.483. The number of rotatable bonds is 1. The maximum atomic E-state index is 5.99. The molecule has 1 nitrogen and oxygen atoms in total. The maximum Gasteiger partial charge on any atom is 0.0352 e. The van der Waals surface area contributed by atoms with Crippen LogP contribution in [0, 0.1) is 0 Å². The van der Waals surface area contributed by atoms with Gasteiger partial charge in [-0.05, 0) is 30.9 Å². The van der Waals surface area contributed by atoms with Crippen LogP contribution >= 0.6 is 0 Å². The normalized spacial score (nSPS) is 25.2. The van der Waals surface area contributed by atoms with E-state index in [2.05, 4.69) is 36.4 Å². The Hall–Kier alpha value is -1.50. The molecule has 0 aliphatic heterocycles. The highest BCUT2D eigenvalue weighted by Crippen LogP contribution is 2.28. The predicted molar refractivity (Wildman–Crippen MR) is 65.7 cm³/mol. The van der Waals surface area contributed by atoms with Gasteiger partial charge in [-0.25, -0.2) is 0 Å². The lowest BCUT2D eigenvalue weighted by Gasteiger charge is -2.15. The van der Waals surface area contributed by atoms with Gasteiger partial charge < -0.3 is 5.73 Å². The van der Waals surface area contributed by atoms with Crippen LogP contribution in [0.3, 0.4) is 0 Å². The second-order valence-electron chi connectivity index (χ2n) is 3.95. The summed E-state index contributed by atoms with van der Waals surface area (Å²) in [5.41, 5.74) is 8.17. The average molecular weight is 199 g/mol. The second-order valence-corrected chi connectivity index (χ2v) is 3.95.